The van der Waals surface area contributed by atoms with Crippen LogP contribution in [0.5, 0.6) is 0 Å². The molecule has 2 aromatic rings. The van der Waals surface area contributed by atoms with Crippen molar-refractivity contribution in [2.75, 3.05) is 37.0 Å². The van der Waals surface area contributed by atoms with Gasteiger partial charge >= 0.3 is 0 Å². The van der Waals surface area contributed by atoms with Gasteiger partial charge in [-0.25, -0.2) is 0 Å². The molecule has 3 nitrogen and oxygen atoms in total. The van der Waals surface area contributed by atoms with E-state index in [9.17, 15) is 0 Å². The van der Waals surface area contributed by atoms with Gasteiger partial charge in [0.25, 0.3) is 0 Å². The first-order chi connectivity index (χ1) is 11.7. The molecule has 1 aliphatic heterocycles. The summed E-state index contributed by atoms with van der Waals surface area (Å²) in [7, 11) is 4.15. The molecule has 3 heteroatoms. The molecule has 0 radical (unpaired) electrons. The van der Waals surface area contributed by atoms with Crippen molar-refractivity contribution < 1.29 is 0 Å². The van der Waals surface area contributed by atoms with Gasteiger partial charge in [-0.3, -0.25) is 0 Å². The van der Waals surface area contributed by atoms with Crippen molar-refractivity contribution in [3.63, 3.8) is 0 Å². The van der Waals surface area contributed by atoms with E-state index in [0.717, 1.165) is 31.0 Å². The Bertz CT molecular complexity index is 687. The summed E-state index contributed by atoms with van der Waals surface area (Å²) >= 11 is 0. The Morgan fingerprint density at radius 3 is 2.17 bits per heavy atom. The number of hydrogen-bond donors (Lipinski definition) is 0. The summed E-state index contributed by atoms with van der Waals surface area (Å²) in [5, 5.41) is 8.88. The topological polar surface area (TPSA) is 30.3 Å². The van der Waals surface area contributed by atoms with Crippen LogP contribution in [0, 0.1) is 17.2 Å². The average molecular weight is 319 g/mol. The summed E-state index contributed by atoms with van der Waals surface area (Å²) in [5.74, 6) is 0.746. The van der Waals surface area contributed by atoms with Gasteiger partial charge in [0.15, 0.2) is 0 Å². The molecule has 0 atom stereocenters. The van der Waals surface area contributed by atoms with E-state index < -0.39 is 0 Å². The highest BCUT2D eigenvalue weighted by molar-refractivity contribution is 5.56. The van der Waals surface area contributed by atoms with Crippen molar-refractivity contribution in [2.45, 2.75) is 19.3 Å². The molecule has 1 fully saturated rings. The second-order valence-electron chi connectivity index (χ2n) is 6.85. The third-order valence-corrected chi connectivity index (χ3v) is 4.95. The molecule has 0 spiro atoms. The van der Waals surface area contributed by atoms with Gasteiger partial charge < -0.3 is 9.80 Å². The summed E-state index contributed by atoms with van der Waals surface area (Å²) in [6.07, 6.45) is 3.59. The Hall–Kier alpha value is -2.47. The van der Waals surface area contributed by atoms with Gasteiger partial charge in [0.1, 0.15) is 0 Å². The van der Waals surface area contributed by atoms with Crippen LogP contribution in [0.2, 0.25) is 0 Å². The van der Waals surface area contributed by atoms with Gasteiger partial charge in [-0.15, -0.1) is 0 Å². The zero-order valence-corrected chi connectivity index (χ0v) is 14.6. The largest absolute Gasteiger partial charge is 0.378 e. The van der Waals surface area contributed by atoms with Gasteiger partial charge in [-0.2, -0.15) is 5.26 Å². The number of nitriles is 1. The normalized spacial score (nSPS) is 15.1. The first-order valence-corrected chi connectivity index (χ1v) is 8.67. The highest BCUT2D eigenvalue weighted by atomic mass is 15.1. The molecule has 0 bridgehead atoms. The number of piperidine rings is 1. The molecule has 0 unspecified atom stereocenters. The van der Waals surface area contributed by atoms with E-state index in [1.165, 1.54) is 29.8 Å². The SMILES string of the molecule is CN(C)c1ccc(N2CCC(Cc3ccc(C#N)cc3)CC2)cc1. The molecule has 3 rings (SSSR count). The van der Waals surface area contributed by atoms with Crippen LogP contribution >= 0.6 is 0 Å². The zero-order chi connectivity index (χ0) is 16.9. The van der Waals surface area contributed by atoms with E-state index in [2.05, 4.69) is 66.4 Å². The Labute approximate surface area is 145 Å². The molecular weight excluding hydrogens is 294 g/mol. The Morgan fingerprint density at radius 2 is 1.62 bits per heavy atom. The third kappa shape index (κ3) is 3.89. The van der Waals surface area contributed by atoms with Gasteiger partial charge in [-0.05, 0) is 67.1 Å². The van der Waals surface area contributed by atoms with Crippen LogP contribution in [-0.4, -0.2) is 27.2 Å². The van der Waals surface area contributed by atoms with Crippen molar-refractivity contribution >= 4 is 11.4 Å². The average Bonchev–Trinajstić information content (AvgIpc) is 2.63. The molecular formula is C21H25N3. The third-order valence-electron chi connectivity index (χ3n) is 4.95. The van der Waals surface area contributed by atoms with E-state index in [-0.39, 0.29) is 0 Å². The fourth-order valence-electron chi connectivity index (χ4n) is 3.41. The van der Waals surface area contributed by atoms with Crippen LogP contribution in [0.1, 0.15) is 24.0 Å². The first kappa shape index (κ1) is 16.4. The van der Waals surface area contributed by atoms with Crippen molar-refractivity contribution in [1.82, 2.24) is 0 Å². The molecule has 1 aliphatic rings. The van der Waals surface area contributed by atoms with Crippen LogP contribution in [0.3, 0.4) is 0 Å². The van der Waals surface area contributed by atoms with Crippen LogP contribution in [0.4, 0.5) is 11.4 Å². The van der Waals surface area contributed by atoms with Crippen molar-refractivity contribution in [2.24, 2.45) is 5.92 Å². The number of anilines is 2. The lowest BCUT2D eigenvalue weighted by Crippen LogP contribution is -2.34. The highest BCUT2D eigenvalue weighted by Crippen LogP contribution is 2.27. The predicted molar refractivity (Wildman–Crippen MR) is 101 cm³/mol. The van der Waals surface area contributed by atoms with E-state index in [0.29, 0.717) is 0 Å². The molecule has 1 saturated heterocycles. The van der Waals surface area contributed by atoms with Gasteiger partial charge in [0, 0.05) is 38.6 Å². The van der Waals surface area contributed by atoms with Gasteiger partial charge in [-0.1, -0.05) is 12.1 Å². The minimum absolute atomic E-state index is 0.745. The van der Waals surface area contributed by atoms with E-state index >= 15 is 0 Å². The van der Waals surface area contributed by atoms with E-state index in [4.69, 9.17) is 5.26 Å². The van der Waals surface area contributed by atoms with Gasteiger partial charge in [0.2, 0.25) is 0 Å². The fourth-order valence-corrected chi connectivity index (χ4v) is 3.41. The lowest BCUT2D eigenvalue weighted by atomic mass is 9.89. The maximum atomic E-state index is 8.88. The summed E-state index contributed by atoms with van der Waals surface area (Å²) < 4.78 is 0. The maximum absolute atomic E-state index is 8.88. The van der Waals surface area contributed by atoms with Crippen molar-refractivity contribution in [3.8, 4) is 6.07 Å². The Kier molecular flexibility index (Phi) is 5.05. The molecule has 24 heavy (non-hydrogen) atoms. The molecule has 0 aliphatic carbocycles. The van der Waals surface area contributed by atoms with E-state index in [1.807, 2.05) is 12.1 Å². The second-order valence-corrected chi connectivity index (χ2v) is 6.85. The molecule has 1 heterocycles. The summed E-state index contributed by atoms with van der Waals surface area (Å²) in [6.45, 7) is 2.25. The Balaban J connectivity index is 1.54. The number of nitrogens with zero attached hydrogens (tertiary/aromatic N) is 3. The predicted octanol–water partition coefficient (Wildman–Crippen LogP) is 4.08. The minimum atomic E-state index is 0.745. The van der Waals surface area contributed by atoms with Crippen LogP contribution in [0.15, 0.2) is 48.5 Å². The quantitative estimate of drug-likeness (QED) is 0.850. The van der Waals surface area contributed by atoms with Crippen LogP contribution in [-0.2, 0) is 6.42 Å². The molecule has 2 aromatic carbocycles. The minimum Gasteiger partial charge on any atom is -0.378 e. The fraction of sp³-hybridized carbons (Fsp3) is 0.381. The number of rotatable bonds is 4. The standard InChI is InChI=1S/C21H25N3/c1-23(2)20-7-9-21(10-8-20)24-13-11-18(12-14-24)15-17-3-5-19(16-22)6-4-17/h3-10,18H,11-15H2,1-2H3. The Morgan fingerprint density at radius 1 is 1.00 bits per heavy atom. The first-order valence-electron chi connectivity index (χ1n) is 8.67. The molecule has 0 saturated carbocycles. The maximum Gasteiger partial charge on any atom is 0.0991 e. The molecule has 0 amide bonds. The number of hydrogen-bond acceptors (Lipinski definition) is 3. The lowest BCUT2D eigenvalue weighted by Gasteiger charge is -2.34. The zero-order valence-electron chi connectivity index (χ0n) is 14.6. The molecule has 124 valence electrons. The van der Waals surface area contributed by atoms with Gasteiger partial charge in [0.05, 0.1) is 11.6 Å². The summed E-state index contributed by atoms with van der Waals surface area (Å²) in [4.78, 5) is 4.63. The molecule has 0 aromatic heterocycles. The number of benzene rings is 2. The van der Waals surface area contributed by atoms with Crippen LogP contribution in [0.25, 0.3) is 0 Å². The van der Waals surface area contributed by atoms with Crippen molar-refractivity contribution in [3.05, 3.63) is 59.7 Å². The lowest BCUT2D eigenvalue weighted by molar-refractivity contribution is 0.404. The monoisotopic (exact) mass is 319 g/mol. The van der Waals surface area contributed by atoms with Crippen molar-refractivity contribution in [1.29, 1.82) is 5.26 Å². The smallest absolute Gasteiger partial charge is 0.0991 e. The van der Waals surface area contributed by atoms with Crippen LogP contribution < -0.4 is 9.80 Å². The second kappa shape index (κ2) is 7.40. The summed E-state index contributed by atoms with van der Waals surface area (Å²) in [5.41, 5.74) is 4.67. The summed E-state index contributed by atoms with van der Waals surface area (Å²) in [6, 6.07) is 19.1. The van der Waals surface area contributed by atoms with E-state index in [1.54, 1.807) is 0 Å². The highest BCUT2D eigenvalue weighted by Gasteiger charge is 2.19. The molecule has 0 N–H and O–H groups in total.